The molecule has 0 aliphatic carbocycles. The lowest BCUT2D eigenvalue weighted by atomic mass is 10.1. The van der Waals surface area contributed by atoms with E-state index in [4.69, 9.17) is 17.3 Å². The topological polar surface area (TPSA) is 75.4 Å². The first-order valence-corrected chi connectivity index (χ1v) is 7.88. The maximum absolute atomic E-state index is 11.6. The van der Waals surface area contributed by atoms with E-state index in [1.165, 1.54) is 0 Å². The lowest BCUT2D eigenvalue weighted by Crippen LogP contribution is -2.50. The quantitative estimate of drug-likeness (QED) is 0.920. The lowest BCUT2D eigenvalue weighted by Gasteiger charge is -2.35. The predicted molar refractivity (Wildman–Crippen MR) is 90.3 cm³/mol. The Bertz CT molecular complexity index is 683. The average Bonchev–Trinajstić information content (AvgIpc) is 2.62. The van der Waals surface area contributed by atoms with Crippen molar-refractivity contribution in [1.82, 2.24) is 15.1 Å². The van der Waals surface area contributed by atoms with Crippen LogP contribution in [0, 0.1) is 0 Å². The van der Waals surface area contributed by atoms with Gasteiger partial charge in [0.1, 0.15) is 0 Å². The summed E-state index contributed by atoms with van der Waals surface area (Å²) in [6.07, 6.45) is 0. The number of hydrogen-bond donors (Lipinski definition) is 1. The van der Waals surface area contributed by atoms with Crippen LogP contribution in [0.15, 0.2) is 36.4 Å². The molecule has 0 unspecified atom stereocenters. The number of nitrogens with zero attached hydrogens (tertiary/aromatic N) is 4. The molecule has 1 aromatic heterocycles. The Balaban J connectivity index is 1.69. The maximum atomic E-state index is 11.6. The summed E-state index contributed by atoms with van der Waals surface area (Å²) < 4.78 is 0. The molecule has 1 saturated heterocycles. The van der Waals surface area contributed by atoms with Gasteiger partial charge in [-0.05, 0) is 18.2 Å². The summed E-state index contributed by atoms with van der Waals surface area (Å²) in [6, 6.07) is 11.4. The molecule has 0 spiro atoms. The Morgan fingerprint density at radius 1 is 1.09 bits per heavy atom. The van der Waals surface area contributed by atoms with Crippen molar-refractivity contribution in [2.75, 3.05) is 37.6 Å². The van der Waals surface area contributed by atoms with Crippen LogP contribution in [0.1, 0.15) is 0 Å². The zero-order chi connectivity index (χ0) is 16.2. The van der Waals surface area contributed by atoms with Crippen LogP contribution >= 0.6 is 11.6 Å². The SMILES string of the molecule is NCC(=O)N1CCN(c2ccc(-c3ccccc3Cl)nn2)CC1. The van der Waals surface area contributed by atoms with Gasteiger partial charge >= 0.3 is 0 Å². The van der Waals surface area contributed by atoms with Gasteiger partial charge < -0.3 is 15.5 Å². The zero-order valence-electron chi connectivity index (χ0n) is 12.7. The summed E-state index contributed by atoms with van der Waals surface area (Å²) >= 11 is 6.18. The fourth-order valence-corrected chi connectivity index (χ4v) is 2.85. The van der Waals surface area contributed by atoms with Gasteiger partial charge in [0.2, 0.25) is 5.91 Å². The standard InChI is InChI=1S/C16H18ClN5O/c17-13-4-2-1-3-12(13)14-5-6-15(20-19-14)21-7-9-22(10-8-21)16(23)11-18/h1-6H,7-11,18H2. The van der Waals surface area contributed by atoms with E-state index in [1.807, 2.05) is 36.4 Å². The number of piperazine rings is 1. The second-order valence-corrected chi connectivity index (χ2v) is 5.74. The molecule has 0 atom stereocenters. The van der Waals surface area contributed by atoms with Crippen molar-refractivity contribution in [1.29, 1.82) is 0 Å². The molecule has 0 radical (unpaired) electrons. The molecule has 7 heteroatoms. The molecule has 2 aromatic rings. The average molecular weight is 332 g/mol. The van der Waals surface area contributed by atoms with E-state index >= 15 is 0 Å². The van der Waals surface area contributed by atoms with Crippen LogP contribution in [0.3, 0.4) is 0 Å². The van der Waals surface area contributed by atoms with Crippen LogP contribution in [0.4, 0.5) is 5.82 Å². The highest BCUT2D eigenvalue weighted by Crippen LogP contribution is 2.26. The van der Waals surface area contributed by atoms with Crippen molar-refractivity contribution in [3.8, 4) is 11.3 Å². The first-order chi connectivity index (χ1) is 11.2. The number of hydrogen-bond acceptors (Lipinski definition) is 5. The Kier molecular flexibility index (Phi) is 4.73. The van der Waals surface area contributed by atoms with Crippen molar-refractivity contribution in [3.05, 3.63) is 41.4 Å². The summed E-state index contributed by atoms with van der Waals surface area (Å²) in [5.74, 6) is 0.797. The number of carbonyl (C=O) groups is 1. The smallest absolute Gasteiger partial charge is 0.236 e. The van der Waals surface area contributed by atoms with Crippen LogP contribution in [-0.2, 0) is 4.79 Å². The Morgan fingerprint density at radius 3 is 2.43 bits per heavy atom. The zero-order valence-corrected chi connectivity index (χ0v) is 13.4. The van der Waals surface area contributed by atoms with Gasteiger partial charge in [0.05, 0.1) is 17.3 Å². The molecular weight excluding hydrogens is 314 g/mol. The fourth-order valence-electron chi connectivity index (χ4n) is 2.62. The van der Waals surface area contributed by atoms with Crippen LogP contribution in [0.2, 0.25) is 5.02 Å². The van der Waals surface area contributed by atoms with Gasteiger partial charge in [-0.1, -0.05) is 29.8 Å². The van der Waals surface area contributed by atoms with E-state index in [2.05, 4.69) is 15.1 Å². The van der Waals surface area contributed by atoms with E-state index in [0.29, 0.717) is 18.1 Å². The van der Waals surface area contributed by atoms with Gasteiger partial charge in [-0.3, -0.25) is 4.79 Å². The van der Waals surface area contributed by atoms with Gasteiger partial charge in [-0.15, -0.1) is 10.2 Å². The second kappa shape index (κ2) is 6.93. The molecule has 1 aliphatic rings. The number of rotatable bonds is 3. The molecule has 120 valence electrons. The largest absolute Gasteiger partial charge is 0.352 e. The minimum atomic E-state index is -0.00944. The molecule has 1 aromatic carbocycles. The minimum Gasteiger partial charge on any atom is -0.352 e. The highest BCUT2D eigenvalue weighted by Gasteiger charge is 2.21. The third-order valence-electron chi connectivity index (χ3n) is 3.93. The van der Waals surface area contributed by atoms with Crippen molar-refractivity contribution >= 4 is 23.3 Å². The van der Waals surface area contributed by atoms with Crippen LogP contribution in [0.5, 0.6) is 0 Å². The first-order valence-electron chi connectivity index (χ1n) is 7.50. The molecular formula is C16H18ClN5O. The predicted octanol–water partition coefficient (Wildman–Crippen LogP) is 1.40. The third-order valence-corrected chi connectivity index (χ3v) is 4.26. The van der Waals surface area contributed by atoms with Gasteiger partial charge in [0.25, 0.3) is 0 Å². The molecule has 6 nitrogen and oxygen atoms in total. The van der Waals surface area contributed by atoms with E-state index in [9.17, 15) is 4.79 Å². The normalized spacial score (nSPS) is 14.9. The molecule has 0 bridgehead atoms. The summed E-state index contributed by atoms with van der Waals surface area (Å²) in [6.45, 7) is 2.83. The van der Waals surface area contributed by atoms with Crippen molar-refractivity contribution in [2.24, 2.45) is 5.73 Å². The van der Waals surface area contributed by atoms with Crippen LogP contribution in [-0.4, -0.2) is 53.7 Å². The van der Waals surface area contributed by atoms with Gasteiger partial charge in [0.15, 0.2) is 5.82 Å². The molecule has 1 amide bonds. The number of aromatic nitrogens is 2. The molecule has 3 rings (SSSR count). The summed E-state index contributed by atoms with van der Waals surface area (Å²) in [7, 11) is 0. The monoisotopic (exact) mass is 331 g/mol. The first kappa shape index (κ1) is 15.7. The number of carbonyl (C=O) groups excluding carboxylic acids is 1. The molecule has 1 aliphatic heterocycles. The summed E-state index contributed by atoms with van der Waals surface area (Å²) in [5.41, 5.74) is 7.01. The molecule has 23 heavy (non-hydrogen) atoms. The fraction of sp³-hybridized carbons (Fsp3) is 0.312. The summed E-state index contributed by atoms with van der Waals surface area (Å²) in [5, 5.41) is 9.23. The van der Waals surface area contributed by atoms with Gasteiger partial charge in [0, 0.05) is 31.7 Å². The number of amides is 1. The van der Waals surface area contributed by atoms with Crippen LogP contribution < -0.4 is 10.6 Å². The van der Waals surface area contributed by atoms with E-state index in [-0.39, 0.29) is 12.5 Å². The van der Waals surface area contributed by atoms with Crippen molar-refractivity contribution in [2.45, 2.75) is 0 Å². The number of halogens is 1. The summed E-state index contributed by atoms with van der Waals surface area (Å²) in [4.78, 5) is 15.5. The number of nitrogens with two attached hydrogens (primary N) is 1. The van der Waals surface area contributed by atoms with E-state index in [0.717, 1.165) is 30.2 Å². The van der Waals surface area contributed by atoms with E-state index in [1.54, 1.807) is 4.90 Å². The maximum Gasteiger partial charge on any atom is 0.236 e. The number of benzene rings is 1. The Hall–Kier alpha value is -2.18. The second-order valence-electron chi connectivity index (χ2n) is 5.33. The van der Waals surface area contributed by atoms with Crippen molar-refractivity contribution < 1.29 is 4.79 Å². The van der Waals surface area contributed by atoms with Crippen molar-refractivity contribution in [3.63, 3.8) is 0 Å². The van der Waals surface area contributed by atoms with Crippen LogP contribution in [0.25, 0.3) is 11.3 Å². The molecule has 0 saturated carbocycles. The minimum absolute atomic E-state index is 0.00944. The number of anilines is 1. The highest BCUT2D eigenvalue weighted by molar-refractivity contribution is 6.33. The Morgan fingerprint density at radius 2 is 1.83 bits per heavy atom. The van der Waals surface area contributed by atoms with E-state index < -0.39 is 0 Å². The molecule has 2 N–H and O–H groups in total. The Labute approximate surface area is 139 Å². The van der Waals surface area contributed by atoms with Gasteiger partial charge in [-0.2, -0.15) is 0 Å². The third kappa shape index (κ3) is 3.43. The molecule has 1 fully saturated rings. The highest BCUT2D eigenvalue weighted by atomic mass is 35.5. The van der Waals surface area contributed by atoms with Gasteiger partial charge in [-0.25, -0.2) is 0 Å². The molecule has 2 heterocycles. The lowest BCUT2D eigenvalue weighted by molar-refractivity contribution is -0.129.